The quantitative estimate of drug-likeness (QED) is 0.352. The minimum absolute atomic E-state index is 0.0427. The Bertz CT molecular complexity index is 1380. The van der Waals surface area contributed by atoms with Gasteiger partial charge in [0.1, 0.15) is 5.58 Å². The van der Waals surface area contributed by atoms with Gasteiger partial charge in [-0.25, -0.2) is 4.98 Å². The number of anilines is 1. The zero-order valence-corrected chi connectivity index (χ0v) is 19.1. The lowest BCUT2D eigenvalue weighted by atomic mass is 9.98. The Labute approximate surface area is 194 Å². The van der Waals surface area contributed by atoms with Crippen LogP contribution in [0.5, 0.6) is 11.5 Å². The van der Waals surface area contributed by atoms with E-state index in [0.29, 0.717) is 45.3 Å². The molecule has 0 fully saturated rings. The maximum atomic E-state index is 13.5. The van der Waals surface area contributed by atoms with Crippen molar-refractivity contribution in [3.8, 4) is 11.5 Å². The van der Waals surface area contributed by atoms with Crippen molar-refractivity contribution in [2.24, 2.45) is 0 Å². The van der Waals surface area contributed by atoms with Crippen molar-refractivity contribution < 1.29 is 18.7 Å². The van der Waals surface area contributed by atoms with Gasteiger partial charge in [0.25, 0.3) is 5.91 Å². The van der Waals surface area contributed by atoms with Crippen molar-refractivity contribution in [2.45, 2.75) is 25.8 Å². The number of amides is 1. The predicted octanol–water partition coefficient (Wildman–Crippen LogP) is 5.19. The lowest BCUT2D eigenvalue weighted by molar-refractivity contribution is 0.0971. The third kappa shape index (κ3) is 3.56. The highest BCUT2D eigenvalue weighted by Crippen LogP contribution is 2.43. The van der Waals surface area contributed by atoms with Crippen LogP contribution in [0.3, 0.4) is 0 Å². The molecule has 1 aliphatic heterocycles. The second-order valence-corrected chi connectivity index (χ2v) is 8.55. The summed E-state index contributed by atoms with van der Waals surface area (Å²) in [6.45, 7) is 2.68. The normalized spacial score (nSPS) is 15.2. The van der Waals surface area contributed by atoms with Crippen molar-refractivity contribution in [3.63, 3.8) is 0 Å². The molecule has 4 aromatic rings. The van der Waals surface area contributed by atoms with E-state index in [2.05, 4.69) is 11.9 Å². The maximum absolute atomic E-state index is 13.5. The number of hydrogen-bond acceptors (Lipinski definition) is 7. The summed E-state index contributed by atoms with van der Waals surface area (Å²) >= 11 is 1.32. The maximum Gasteiger partial charge on any atom is 0.297 e. The first-order valence-electron chi connectivity index (χ1n) is 10.7. The van der Waals surface area contributed by atoms with Gasteiger partial charge in [-0.15, -0.1) is 11.3 Å². The van der Waals surface area contributed by atoms with E-state index >= 15 is 0 Å². The molecule has 0 radical (unpaired) electrons. The predicted molar refractivity (Wildman–Crippen MR) is 127 cm³/mol. The fourth-order valence-electron chi connectivity index (χ4n) is 4.07. The van der Waals surface area contributed by atoms with Gasteiger partial charge < -0.3 is 13.9 Å². The third-order valence-electron chi connectivity index (χ3n) is 5.66. The molecule has 2 aromatic carbocycles. The van der Waals surface area contributed by atoms with Crippen LogP contribution in [-0.4, -0.2) is 24.6 Å². The standard InChI is InChI=1S/C25H22N2O5S/c1-3-4-12-31-18-10-9-15(14-19(18)30-2)21-20-22(28)16-7-5-6-8-17(16)32-23(20)24(29)27(21)25-26-11-13-33-25/h5-11,13-14,21H,3-4,12H2,1-2H3. The molecule has 0 saturated carbocycles. The number of rotatable bonds is 7. The zero-order valence-electron chi connectivity index (χ0n) is 18.2. The van der Waals surface area contributed by atoms with E-state index in [1.54, 1.807) is 43.0 Å². The second-order valence-electron chi connectivity index (χ2n) is 7.67. The number of benzene rings is 2. The molecule has 3 heterocycles. The fourth-order valence-corrected chi connectivity index (χ4v) is 4.73. The Morgan fingerprint density at radius 2 is 2.00 bits per heavy atom. The van der Waals surface area contributed by atoms with Crippen LogP contribution in [0, 0.1) is 0 Å². The van der Waals surface area contributed by atoms with Gasteiger partial charge in [0.15, 0.2) is 22.1 Å². The molecule has 5 rings (SSSR count). The Kier molecular flexibility index (Phi) is 5.60. The first-order valence-corrected chi connectivity index (χ1v) is 11.6. The van der Waals surface area contributed by atoms with Crippen LogP contribution in [0.15, 0.2) is 63.3 Å². The summed E-state index contributed by atoms with van der Waals surface area (Å²) < 4.78 is 17.4. The number of carbonyl (C=O) groups excluding carboxylic acids is 1. The Morgan fingerprint density at radius 3 is 2.76 bits per heavy atom. The summed E-state index contributed by atoms with van der Waals surface area (Å²) in [6, 6.07) is 11.7. The van der Waals surface area contributed by atoms with Gasteiger partial charge in [0.05, 0.1) is 30.7 Å². The van der Waals surface area contributed by atoms with E-state index in [0.717, 1.165) is 12.8 Å². The van der Waals surface area contributed by atoms with Gasteiger partial charge in [0.2, 0.25) is 5.76 Å². The molecule has 2 aromatic heterocycles. The molecule has 8 heteroatoms. The number of unbranched alkanes of at least 4 members (excludes halogenated alkanes) is 1. The fraction of sp³-hybridized carbons (Fsp3) is 0.240. The van der Waals surface area contributed by atoms with Crippen LogP contribution in [0.2, 0.25) is 0 Å². The summed E-state index contributed by atoms with van der Waals surface area (Å²) in [5, 5.41) is 2.71. The average molecular weight is 463 g/mol. The van der Waals surface area contributed by atoms with Gasteiger partial charge in [-0.3, -0.25) is 14.5 Å². The van der Waals surface area contributed by atoms with Crippen LogP contribution < -0.4 is 19.8 Å². The van der Waals surface area contributed by atoms with Crippen molar-refractivity contribution in [2.75, 3.05) is 18.6 Å². The summed E-state index contributed by atoms with van der Waals surface area (Å²) in [5.74, 6) is 0.801. The molecule has 0 spiro atoms. The van der Waals surface area contributed by atoms with Crippen molar-refractivity contribution in [1.82, 2.24) is 4.98 Å². The average Bonchev–Trinajstić information content (AvgIpc) is 3.46. The first-order chi connectivity index (χ1) is 16.1. The molecule has 168 valence electrons. The molecule has 33 heavy (non-hydrogen) atoms. The molecule has 0 bridgehead atoms. The van der Waals surface area contributed by atoms with E-state index in [4.69, 9.17) is 13.9 Å². The Morgan fingerprint density at radius 1 is 1.15 bits per heavy atom. The lowest BCUT2D eigenvalue weighted by Gasteiger charge is -2.23. The molecule has 1 atom stereocenters. The number of methoxy groups -OCH3 is 1. The van der Waals surface area contributed by atoms with Crippen molar-refractivity contribution >= 4 is 33.3 Å². The number of aromatic nitrogens is 1. The summed E-state index contributed by atoms with van der Waals surface area (Å²) in [5.41, 5.74) is 1.16. The summed E-state index contributed by atoms with van der Waals surface area (Å²) in [7, 11) is 1.57. The van der Waals surface area contributed by atoms with Crippen LogP contribution in [0.4, 0.5) is 5.13 Å². The van der Waals surface area contributed by atoms with E-state index in [-0.39, 0.29) is 11.2 Å². The van der Waals surface area contributed by atoms with Gasteiger partial charge in [-0.05, 0) is 36.2 Å². The van der Waals surface area contributed by atoms with Crippen LogP contribution in [0.25, 0.3) is 11.0 Å². The van der Waals surface area contributed by atoms with Crippen molar-refractivity contribution in [3.05, 3.63) is 81.2 Å². The second kappa shape index (κ2) is 8.71. The minimum Gasteiger partial charge on any atom is -0.493 e. The molecule has 7 nitrogen and oxygen atoms in total. The lowest BCUT2D eigenvalue weighted by Crippen LogP contribution is -2.29. The van der Waals surface area contributed by atoms with Crippen LogP contribution in [-0.2, 0) is 0 Å². The molecule has 1 aliphatic rings. The number of fused-ring (bicyclic) bond motifs is 2. The number of thiazole rings is 1. The molecular weight excluding hydrogens is 440 g/mol. The van der Waals surface area contributed by atoms with E-state index < -0.39 is 11.9 Å². The Hall–Kier alpha value is -3.65. The van der Waals surface area contributed by atoms with Crippen LogP contribution in [0.1, 0.15) is 47.5 Å². The van der Waals surface area contributed by atoms with Gasteiger partial charge >= 0.3 is 0 Å². The largest absolute Gasteiger partial charge is 0.493 e. The van der Waals surface area contributed by atoms with E-state index in [1.165, 1.54) is 16.2 Å². The number of carbonyl (C=O) groups is 1. The molecule has 1 unspecified atom stereocenters. The Balaban J connectivity index is 1.69. The van der Waals surface area contributed by atoms with Crippen LogP contribution >= 0.6 is 11.3 Å². The minimum atomic E-state index is -0.696. The monoisotopic (exact) mass is 462 g/mol. The van der Waals surface area contributed by atoms with Gasteiger partial charge in [-0.2, -0.15) is 0 Å². The molecule has 0 aliphatic carbocycles. The SMILES string of the molecule is CCCCOc1ccc(C2c3c(oc4ccccc4c3=O)C(=O)N2c2nccs2)cc1OC. The number of nitrogens with zero attached hydrogens (tertiary/aromatic N) is 2. The number of hydrogen-bond donors (Lipinski definition) is 0. The topological polar surface area (TPSA) is 81.9 Å². The molecule has 0 saturated heterocycles. The molecule has 0 N–H and O–H groups in total. The number of para-hydroxylation sites is 1. The smallest absolute Gasteiger partial charge is 0.297 e. The summed E-state index contributed by atoms with van der Waals surface area (Å²) in [6.07, 6.45) is 3.58. The highest BCUT2D eigenvalue weighted by molar-refractivity contribution is 7.13. The van der Waals surface area contributed by atoms with Crippen molar-refractivity contribution in [1.29, 1.82) is 0 Å². The number of ether oxygens (including phenoxy) is 2. The van der Waals surface area contributed by atoms with E-state index in [1.807, 2.05) is 18.2 Å². The zero-order chi connectivity index (χ0) is 22.9. The molecular formula is C25H22N2O5S. The summed E-state index contributed by atoms with van der Waals surface area (Å²) in [4.78, 5) is 32.9. The third-order valence-corrected chi connectivity index (χ3v) is 6.43. The highest BCUT2D eigenvalue weighted by Gasteiger charge is 2.45. The van der Waals surface area contributed by atoms with E-state index in [9.17, 15) is 9.59 Å². The van der Waals surface area contributed by atoms with Gasteiger partial charge in [0, 0.05) is 11.6 Å². The van der Waals surface area contributed by atoms with Gasteiger partial charge in [-0.1, -0.05) is 31.5 Å². The molecule has 1 amide bonds. The highest BCUT2D eigenvalue weighted by atomic mass is 32.1. The first kappa shape index (κ1) is 21.2.